The molecule has 0 aliphatic carbocycles. The number of rotatable bonds is 2. The van der Waals surface area contributed by atoms with Gasteiger partial charge in [0.2, 0.25) is 0 Å². The lowest BCUT2D eigenvalue weighted by molar-refractivity contribution is 0.140. The third-order valence-corrected chi connectivity index (χ3v) is 2.85. The van der Waals surface area contributed by atoms with Gasteiger partial charge in [-0.05, 0) is 18.1 Å². The number of hydrogen-bond donors (Lipinski definition) is 1. The summed E-state index contributed by atoms with van der Waals surface area (Å²) in [7, 11) is 0. The van der Waals surface area contributed by atoms with Crippen molar-refractivity contribution in [1.82, 2.24) is 4.90 Å². The van der Waals surface area contributed by atoms with Crippen LogP contribution in [0.4, 0.5) is 10.1 Å². The lowest BCUT2D eigenvalue weighted by Gasteiger charge is -2.20. The summed E-state index contributed by atoms with van der Waals surface area (Å²) in [4.78, 5) is 2.25. The monoisotopic (exact) mass is 224 g/mol. The molecule has 0 saturated carbocycles. The van der Waals surface area contributed by atoms with Crippen LogP contribution in [0.3, 0.4) is 0 Å². The third-order valence-electron chi connectivity index (χ3n) is 2.85. The van der Waals surface area contributed by atoms with Gasteiger partial charge >= 0.3 is 0 Å². The van der Waals surface area contributed by atoms with Gasteiger partial charge in [-0.2, -0.15) is 0 Å². The molecule has 4 heteroatoms. The van der Waals surface area contributed by atoms with Gasteiger partial charge in [-0.3, -0.25) is 4.90 Å². The molecule has 16 heavy (non-hydrogen) atoms. The topological polar surface area (TPSA) is 38.5 Å². The molecule has 1 aliphatic heterocycles. The van der Waals surface area contributed by atoms with E-state index >= 15 is 0 Å². The van der Waals surface area contributed by atoms with Crippen molar-refractivity contribution < 1.29 is 9.13 Å². The quantitative estimate of drug-likeness (QED) is 0.776. The minimum atomic E-state index is -0.330. The normalized spacial score (nSPS) is 18.3. The van der Waals surface area contributed by atoms with Gasteiger partial charge < -0.3 is 10.5 Å². The number of ether oxygens (including phenoxy) is 1. The van der Waals surface area contributed by atoms with E-state index in [1.165, 1.54) is 6.07 Å². The Balaban J connectivity index is 2.04. The molecule has 1 heterocycles. The first kappa shape index (κ1) is 11.4. The Morgan fingerprint density at radius 2 is 2.19 bits per heavy atom. The molecule has 3 nitrogen and oxygen atoms in total. The van der Waals surface area contributed by atoms with Crippen molar-refractivity contribution in [2.24, 2.45) is 0 Å². The lowest BCUT2D eigenvalue weighted by Crippen LogP contribution is -2.26. The first-order valence-corrected chi connectivity index (χ1v) is 5.60. The SMILES string of the molecule is Nc1c(F)cccc1CN1CCCOCC1. The maximum Gasteiger partial charge on any atom is 0.146 e. The Hall–Kier alpha value is -1.13. The summed E-state index contributed by atoms with van der Waals surface area (Å²) in [5.74, 6) is -0.330. The van der Waals surface area contributed by atoms with Crippen LogP contribution in [0.1, 0.15) is 12.0 Å². The van der Waals surface area contributed by atoms with Crippen molar-refractivity contribution in [2.45, 2.75) is 13.0 Å². The van der Waals surface area contributed by atoms with E-state index < -0.39 is 0 Å². The van der Waals surface area contributed by atoms with Crippen molar-refractivity contribution in [2.75, 3.05) is 32.0 Å². The molecule has 1 saturated heterocycles. The van der Waals surface area contributed by atoms with Gasteiger partial charge in [-0.25, -0.2) is 4.39 Å². The molecule has 1 aliphatic rings. The fourth-order valence-corrected chi connectivity index (χ4v) is 1.92. The van der Waals surface area contributed by atoms with Crippen LogP contribution in [-0.4, -0.2) is 31.2 Å². The zero-order valence-corrected chi connectivity index (χ0v) is 9.29. The maximum atomic E-state index is 13.2. The van der Waals surface area contributed by atoms with E-state index in [0.29, 0.717) is 6.54 Å². The smallest absolute Gasteiger partial charge is 0.146 e. The molecule has 1 aromatic rings. The molecule has 0 atom stereocenters. The second-order valence-electron chi connectivity index (χ2n) is 4.05. The first-order chi connectivity index (χ1) is 7.77. The highest BCUT2D eigenvalue weighted by Gasteiger charge is 2.12. The highest BCUT2D eigenvalue weighted by atomic mass is 19.1. The van der Waals surface area contributed by atoms with Crippen molar-refractivity contribution in [3.8, 4) is 0 Å². The van der Waals surface area contributed by atoms with Gasteiger partial charge in [0.25, 0.3) is 0 Å². The van der Waals surface area contributed by atoms with E-state index in [-0.39, 0.29) is 11.5 Å². The number of halogens is 1. The molecule has 88 valence electrons. The van der Waals surface area contributed by atoms with Crippen molar-refractivity contribution in [1.29, 1.82) is 0 Å². The number of anilines is 1. The van der Waals surface area contributed by atoms with Crippen LogP contribution in [0.2, 0.25) is 0 Å². The number of nitrogens with two attached hydrogens (primary N) is 1. The van der Waals surface area contributed by atoms with Crippen molar-refractivity contribution in [3.05, 3.63) is 29.6 Å². The average molecular weight is 224 g/mol. The van der Waals surface area contributed by atoms with Gasteiger partial charge in [-0.15, -0.1) is 0 Å². The molecule has 1 fully saturated rings. The highest BCUT2D eigenvalue weighted by molar-refractivity contribution is 5.47. The van der Waals surface area contributed by atoms with Gasteiger partial charge in [0.05, 0.1) is 12.3 Å². The maximum absolute atomic E-state index is 13.2. The zero-order valence-electron chi connectivity index (χ0n) is 9.29. The molecule has 0 aromatic heterocycles. The van der Waals surface area contributed by atoms with Gasteiger partial charge in [-0.1, -0.05) is 12.1 Å². The standard InChI is InChI=1S/C12H17FN2O/c13-11-4-1-3-10(12(11)14)9-15-5-2-7-16-8-6-15/h1,3-4H,2,5-9,14H2. The number of hydrogen-bond acceptors (Lipinski definition) is 3. The van der Waals surface area contributed by atoms with Crippen LogP contribution in [0.25, 0.3) is 0 Å². The van der Waals surface area contributed by atoms with Crippen LogP contribution in [0, 0.1) is 5.82 Å². The molecule has 0 amide bonds. The van der Waals surface area contributed by atoms with Gasteiger partial charge in [0.1, 0.15) is 5.82 Å². The minimum absolute atomic E-state index is 0.271. The molecule has 0 spiro atoms. The van der Waals surface area contributed by atoms with Gasteiger partial charge in [0, 0.05) is 26.2 Å². The molecule has 0 radical (unpaired) electrons. The van der Waals surface area contributed by atoms with Crippen LogP contribution in [0.15, 0.2) is 18.2 Å². The second-order valence-corrected chi connectivity index (χ2v) is 4.05. The first-order valence-electron chi connectivity index (χ1n) is 5.60. The molecule has 2 N–H and O–H groups in total. The molecular weight excluding hydrogens is 207 g/mol. The average Bonchev–Trinajstić information content (AvgIpc) is 2.53. The van der Waals surface area contributed by atoms with E-state index in [2.05, 4.69) is 4.90 Å². The van der Waals surface area contributed by atoms with E-state index in [1.807, 2.05) is 6.07 Å². The molecule has 0 unspecified atom stereocenters. The minimum Gasteiger partial charge on any atom is -0.396 e. The van der Waals surface area contributed by atoms with Crippen LogP contribution in [-0.2, 0) is 11.3 Å². The Kier molecular flexibility index (Phi) is 3.74. The number of benzene rings is 1. The largest absolute Gasteiger partial charge is 0.396 e. The Morgan fingerprint density at radius 1 is 1.31 bits per heavy atom. The predicted octanol–water partition coefficient (Wildman–Crippen LogP) is 1.63. The summed E-state index contributed by atoms with van der Waals surface area (Å²) < 4.78 is 18.6. The van der Waals surface area contributed by atoms with E-state index in [0.717, 1.165) is 38.3 Å². The Labute approximate surface area is 95.0 Å². The van der Waals surface area contributed by atoms with Crippen molar-refractivity contribution >= 4 is 5.69 Å². The van der Waals surface area contributed by atoms with Crippen molar-refractivity contribution in [3.63, 3.8) is 0 Å². The summed E-state index contributed by atoms with van der Waals surface area (Å²) in [6.07, 6.45) is 1.02. The lowest BCUT2D eigenvalue weighted by atomic mass is 10.1. The number of nitrogens with zero attached hydrogens (tertiary/aromatic N) is 1. The second kappa shape index (κ2) is 5.27. The summed E-state index contributed by atoms with van der Waals surface area (Å²) in [5, 5.41) is 0. The highest BCUT2D eigenvalue weighted by Crippen LogP contribution is 2.18. The van der Waals surface area contributed by atoms with Gasteiger partial charge in [0.15, 0.2) is 0 Å². The Morgan fingerprint density at radius 3 is 3.06 bits per heavy atom. The van der Waals surface area contributed by atoms with Crippen LogP contribution < -0.4 is 5.73 Å². The fraction of sp³-hybridized carbons (Fsp3) is 0.500. The summed E-state index contributed by atoms with van der Waals surface area (Å²) in [5.41, 5.74) is 6.84. The number of para-hydroxylation sites is 1. The fourth-order valence-electron chi connectivity index (χ4n) is 1.92. The van der Waals surface area contributed by atoms with E-state index in [4.69, 9.17) is 10.5 Å². The molecule has 2 rings (SSSR count). The zero-order chi connectivity index (χ0) is 11.4. The molecular formula is C12H17FN2O. The summed E-state index contributed by atoms with van der Waals surface area (Å²) in [6, 6.07) is 4.98. The van der Waals surface area contributed by atoms with Crippen LogP contribution in [0.5, 0.6) is 0 Å². The number of nitrogen functional groups attached to an aromatic ring is 1. The van der Waals surface area contributed by atoms with Crippen LogP contribution >= 0.6 is 0 Å². The summed E-state index contributed by atoms with van der Waals surface area (Å²) >= 11 is 0. The van der Waals surface area contributed by atoms with E-state index in [9.17, 15) is 4.39 Å². The molecule has 1 aromatic carbocycles. The molecule has 0 bridgehead atoms. The predicted molar refractivity (Wildman–Crippen MR) is 61.5 cm³/mol. The summed E-state index contributed by atoms with van der Waals surface area (Å²) in [6.45, 7) is 4.13. The Bertz CT molecular complexity index is 349. The third kappa shape index (κ3) is 2.71. The van der Waals surface area contributed by atoms with E-state index in [1.54, 1.807) is 6.07 Å².